The Morgan fingerprint density at radius 2 is 2.27 bits per heavy atom. The molecular formula is C12H13ClN2. The zero-order chi connectivity index (χ0) is 10.4. The quantitative estimate of drug-likeness (QED) is 0.723. The molecule has 0 saturated carbocycles. The SMILES string of the molecule is CC1CNCc2cc3ccc(Cl)cc3n21. The van der Waals surface area contributed by atoms with Gasteiger partial charge in [0.15, 0.2) is 0 Å². The standard InChI is InChI=1S/C12H13ClN2/c1-8-6-14-7-11-4-9-2-3-10(13)5-12(9)15(8)11/h2-5,8,14H,6-7H2,1H3. The van der Waals surface area contributed by atoms with E-state index in [-0.39, 0.29) is 0 Å². The van der Waals surface area contributed by atoms with E-state index < -0.39 is 0 Å². The lowest BCUT2D eigenvalue weighted by atomic mass is 10.2. The zero-order valence-corrected chi connectivity index (χ0v) is 9.38. The summed E-state index contributed by atoms with van der Waals surface area (Å²) in [4.78, 5) is 0. The van der Waals surface area contributed by atoms with Crippen molar-refractivity contribution in [2.45, 2.75) is 19.5 Å². The van der Waals surface area contributed by atoms with Crippen molar-refractivity contribution in [1.29, 1.82) is 0 Å². The van der Waals surface area contributed by atoms with Crippen LogP contribution in [0.25, 0.3) is 10.9 Å². The number of rotatable bonds is 0. The minimum Gasteiger partial charge on any atom is -0.339 e. The Hall–Kier alpha value is -0.990. The number of nitrogens with one attached hydrogen (secondary N) is 1. The van der Waals surface area contributed by atoms with Gasteiger partial charge in [0.2, 0.25) is 0 Å². The average molecular weight is 221 g/mol. The third-order valence-corrected chi connectivity index (χ3v) is 3.31. The minimum absolute atomic E-state index is 0.504. The second-order valence-electron chi connectivity index (χ2n) is 4.19. The van der Waals surface area contributed by atoms with E-state index in [1.54, 1.807) is 0 Å². The fourth-order valence-corrected chi connectivity index (χ4v) is 2.57. The maximum atomic E-state index is 6.04. The normalized spacial score (nSPS) is 20.5. The molecule has 1 N–H and O–H groups in total. The van der Waals surface area contributed by atoms with Crippen LogP contribution < -0.4 is 5.32 Å². The van der Waals surface area contributed by atoms with E-state index in [0.29, 0.717) is 6.04 Å². The summed E-state index contributed by atoms with van der Waals surface area (Å²) in [6.07, 6.45) is 0. The number of hydrogen-bond acceptors (Lipinski definition) is 1. The molecule has 2 heterocycles. The van der Waals surface area contributed by atoms with E-state index in [0.717, 1.165) is 18.1 Å². The van der Waals surface area contributed by atoms with Crippen LogP contribution in [0.1, 0.15) is 18.7 Å². The fourth-order valence-electron chi connectivity index (χ4n) is 2.41. The molecule has 0 spiro atoms. The van der Waals surface area contributed by atoms with E-state index in [4.69, 9.17) is 11.6 Å². The summed E-state index contributed by atoms with van der Waals surface area (Å²) in [5, 5.41) is 5.51. The molecule has 1 aliphatic heterocycles. The molecule has 0 amide bonds. The molecule has 1 aromatic carbocycles. The van der Waals surface area contributed by atoms with Crippen molar-refractivity contribution in [3.63, 3.8) is 0 Å². The van der Waals surface area contributed by atoms with Crippen molar-refractivity contribution < 1.29 is 0 Å². The summed E-state index contributed by atoms with van der Waals surface area (Å²) < 4.78 is 2.39. The number of benzene rings is 1. The lowest BCUT2D eigenvalue weighted by Crippen LogP contribution is -2.30. The molecule has 3 heteroatoms. The highest BCUT2D eigenvalue weighted by Crippen LogP contribution is 2.28. The molecule has 0 radical (unpaired) electrons. The van der Waals surface area contributed by atoms with Gasteiger partial charge in [-0.2, -0.15) is 0 Å². The molecule has 15 heavy (non-hydrogen) atoms. The Labute approximate surface area is 93.8 Å². The van der Waals surface area contributed by atoms with Crippen LogP contribution in [-0.4, -0.2) is 11.1 Å². The average Bonchev–Trinajstić information content (AvgIpc) is 2.57. The van der Waals surface area contributed by atoms with E-state index in [2.05, 4.69) is 35.0 Å². The number of fused-ring (bicyclic) bond motifs is 3. The van der Waals surface area contributed by atoms with Crippen molar-refractivity contribution in [2.75, 3.05) is 6.54 Å². The Morgan fingerprint density at radius 3 is 3.13 bits per heavy atom. The monoisotopic (exact) mass is 220 g/mol. The second-order valence-corrected chi connectivity index (χ2v) is 4.63. The molecule has 0 saturated heterocycles. The zero-order valence-electron chi connectivity index (χ0n) is 8.63. The summed E-state index contributed by atoms with van der Waals surface area (Å²) in [6.45, 7) is 4.22. The van der Waals surface area contributed by atoms with Gasteiger partial charge in [0.05, 0.1) is 5.52 Å². The maximum Gasteiger partial charge on any atom is 0.0500 e. The van der Waals surface area contributed by atoms with Crippen molar-refractivity contribution in [1.82, 2.24) is 9.88 Å². The Bertz CT molecular complexity index is 516. The van der Waals surface area contributed by atoms with Gasteiger partial charge < -0.3 is 9.88 Å². The van der Waals surface area contributed by atoms with Gasteiger partial charge in [-0.05, 0) is 25.1 Å². The van der Waals surface area contributed by atoms with Crippen LogP contribution in [-0.2, 0) is 6.54 Å². The van der Waals surface area contributed by atoms with Crippen LogP contribution in [0.15, 0.2) is 24.3 Å². The molecule has 78 valence electrons. The largest absolute Gasteiger partial charge is 0.339 e. The van der Waals surface area contributed by atoms with Gasteiger partial charge in [0.25, 0.3) is 0 Å². The first-order chi connectivity index (χ1) is 7.25. The molecule has 0 bridgehead atoms. The summed E-state index contributed by atoms with van der Waals surface area (Å²) in [6, 6.07) is 8.85. The molecule has 0 aliphatic carbocycles. The third kappa shape index (κ3) is 1.36. The highest BCUT2D eigenvalue weighted by Gasteiger charge is 2.17. The van der Waals surface area contributed by atoms with Crippen molar-refractivity contribution in [3.05, 3.63) is 35.0 Å². The van der Waals surface area contributed by atoms with Gasteiger partial charge in [-0.3, -0.25) is 0 Å². The lowest BCUT2D eigenvalue weighted by molar-refractivity contribution is 0.439. The molecule has 2 nitrogen and oxygen atoms in total. The molecule has 1 aliphatic rings. The van der Waals surface area contributed by atoms with Crippen molar-refractivity contribution >= 4 is 22.5 Å². The fraction of sp³-hybridized carbons (Fsp3) is 0.333. The van der Waals surface area contributed by atoms with E-state index in [9.17, 15) is 0 Å². The van der Waals surface area contributed by atoms with Gasteiger partial charge >= 0.3 is 0 Å². The minimum atomic E-state index is 0.504. The van der Waals surface area contributed by atoms with Gasteiger partial charge in [-0.25, -0.2) is 0 Å². The van der Waals surface area contributed by atoms with Crippen molar-refractivity contribution in [2.24, 2.45) is 0 Å². The van der Waals surface area contributed by atoms with Crippen LogP contribution in [0.4, 0.5) is 0 Å². The topological polar surface area (TPSA) is 17.0 Å². The van der Waals surface area contributed by atoms with E-state index in [1.165, 1.54) is 16.6 Å². The van der Waals surface area contributed by atoms with Crippen molar-refractivity contribution in [3.8, 4) is 0 Å². The molecule has 0 fully saturated rings. The predicted octanol–water partition coefficient (Wildman–Crippen LogP) is 2.96. The van der Waals surface area contributed by atoms with Gasteiger partial charge in [-0.1, -0.05) is 17.7 Å². The lowest BCUT2D eigenvalue weighted by Gasteiger charge is -2.24. The second kappa shape index (κ2) is 3.26. The molecule has 1 unspecified atom stereocenters. The first-order valence-corrected chi connectivity index (χ1v) is 5.63. The maximum absolute atomic E-state index is 6.04. The highest BCUT2D eigenvalue weighted by atomic mass is 35.5. The van der Waals surface area contributed by atoms with Crippen LogP contribution in [0.2, 0.25) is 5.02 Å². The van der Waals surface area contributed by atoms with E-state index in [1.807, 2.05) is 6.07 Å². The molecular weight excluding hydrogens is 208 g/mol. The number of halogens is 1. The molecule has 1 aromatic heterocycles. The van der Waals surface area contributed by atoms with Crippen LogP contribution in [0.5, 0.6) is 0 Å². The third-order valence-electron chi connectivity index (χ3n) is 3.07. The number of nitrogens with zero attached hydrogens (tertiary/aromatic N) is 1. The Morgan fingerprint density at radius 1 is 1.40 bits per heavy atom. The molecule has 2 aromatic rings. The summed E-state index contributed by atoms with van der Waals surface area (Å²) in [5.74, 6) is 0. The Kier molecular flexibility index (Phi) is 2.01. The highest BCUT2D eigenvalue weighted by molar-refractivity contribution is 6.31. The summed E-state index contributed by atoms with van der Waals surface area (Å²) in [7, 11) is 0. The molecule has 3 rings (SSSR count). The van der Waals surface area contributed by atoms with Gasteiger partial charge in [0, 0.05) is 35.2 Å². The first-order valence-electron chi connectivity index (χ1n) is 5.26. The number of aromatic nitrogens is 1. The first kappa shape index (κ1) is 9.25. The smallest absolute Gasteiger partial charge is 0.0500 e. The Balaban J connectivity index is 2.33. The number of hydrogen-bond donors (Lipinski definition) is 1. The summed E-state index contributed by atoms with van der Waals surface area (Å²) in [5.41, 5.74) is 2.61. The van der Waals surface area contributed by atoms with E-state index >= 15 is 0 Å². The van der Waals surface area contributed by atoms with Gasteiger partial charge in [-0.15, -0.1) is 0 Å². The summed E-state index contributed by atoms with van der Waals surface area (Å²) >= 11 is 6.04. The van der Waals surface area contributed by atoms with Crippen LogP contribution in [0, 0.1) is 0 Å². The predicted molar refractivity (Wildman–Crippen MR) is 63.4 cm³/mol. The van der Waals surface area contributed by atoms with Crippen LogP contribution in [0.3, 0.4) is 0 Å². The van der Waals surface area contributed by atoms with Gasteiger partial charge in [0.1, 0.15) is 0 Å². The van der Waals surface area contributed by atoms with Crippen LogP contribution >= 0.6 is 11.6 Å². The molecule has 1 atom stereocenters.